The molecule has 1 atom stereocenters. The first-order valence-electron chi connectivity index (χ1n) is 12.4. The van der Waals surface area contributed by atoms with E-state index in [0.29, 0.717) is 17.7 Å². The number of hydrogen-bond donors (Lipinski definition) is 1. The van der Waals surface area contributed by atoms with Crippen molar-refractivity contribution in [2.75, 3.05) is 0 Å². The molecule has 0 aliphatic heterocycles. The first kappa shape index (κ1) is 25.2. The summed E-state index contributed by atoms with van der Waals surface area (Å²) in [4.78, 5) is 44.3. The highest BCUT2D eigenvalue weighted by Crippen LogP contribution is 2.12. The van der Waals surface area contributed by atoms with E-state index in [1.165, 1.54) is 10.1 Å². The molecule has 0 bridgehead atoms. The van der Waals surface area contributed by atoms with Crippen LogP contribution in [0.25, 0.3) is 11.2 Å². The molecule has 4 rings (SSSR count). The second-order valence-electron chi connectivity index (χ2n) is 9.70. The minimum absolute atomic E-state index is 0.102. The van der Waals surface area contributed by atoms with E-state index in [1.54, 1.807) is 10.9 Å². The molecule has 1 unspecified atom stereocenters. The van der Waals surface area contributed by atoms with Gasteiger partial charge in [-0.3, -0.25) is 14.2 Å². The predicted molar refractivity (Wildman–Crippen MR) is 141 cm³/mol. The van der Waals surface area contributed by atoms with Gasteiger partial charge < -0.3 is 9.88 Å². The first-order chi connectivity index (χ1) is 17.3. The van der Waals surface area contributed by atoms with Crippen molar-refractivity contribution < 1.29 is 4.79 Å². The van der Waals surface area contributed by atoms with Gasteiger partial charge in [-0.1, -0.05) is 74.5 Å². The Morgan fingerprint density at radius 3 is 2.19 bits per heavy atom. The largest absolute Gasteiger partial charge is 0.352 e. The lowest BCUT2D eigenvalue weighted by molar-refractivity contribution is -0.122. The molecule has 4 aromatic rings. The Labute approximate surface area is 210 Å². The van der Waals surface area contributed by atoms with Crippen LogP contribution in [0.3, 0.4) is 0 Å². The lowest BCUT2D eigenvalue weighted by Crippen LogP contribution is -2.45. The molecule has 0 radical (unpaired) electrons. The fourth-order valence-electron chi connectivity index (χ4n) is 4.38. The molecule has 0 saturated carbocycles. The maximum atomic E-state index is 13.5. The number of aromatic nitrogens is 4. The van der Waals surface area contributed by atoms with Crippen LogP contribution in [0.4, 0.5) is 0 Å². The Balaban J connectivity index is 1.62. The van der Waals surface area contributed by atoms with Gasteiger partial charge in [0.2, 0.25) is 5.91 Å². The Hall–Kier alpha value is -3.94. The average Bonchev–Trinajstić information content (AvgIpc) is 3.27. The van der Waals surface area contributed by atoms with Crippen molar-refractivity contribution >= 4 is 17.1 Å². The molecule has 2 aromatic carbocycles. The first-order valence-corrected chi connectivity index (χ1v) is 12.4. The third-order valence-corrected chi connectivity index (χ3v) is 6.15. The Morgan fingerprint density at radius 2 is 1.56 bits per heavy atom. The number of carbonyl (C=O) groups excluding carboxylic acids is 1. The summed E-state index contributed by atoms with van der Waals surface area (Å²) in [5, 5.41) is 2.94. The Bertz CT molecular complexity index is 1440. The summed E-state index contributed by atoms with van der Waals surface area (Å²) in [5.41, 5.74) is 1.74. The van der Waals surface area contributed by atoms with Gasteiger partial charge in [0.1, 0.15) is 6.54 Å². The summed E-state index contributed by atoms with van der Waals surface area (Å²) in [6, 6.07) is 19.5. The lowest BCUT2D eigenvalue weighted by Gasteiger charge is -2.16. The van der Waals surface area contributed by atoms with Crippen molar-refractivity contribution in [3.63, 3.8) is 0 Å². The van der Waals surface area contributed by atoms with Crippen molar-refractivity contribution in [1.29, 1.82) is 0 Å². The minimum atomic E-state index is -0.543. The van der Waals surface area contributed by atoms with E-state index in [9.17, 15) is 14.4 Å². The van der Waals surface area contributed by atoms with Gasteiger partial charge >= 0.3 is 5.69 Å². The van der Waals surface area contributed by atoms with Gasteiger partial charge in [0.25, 0.3) is 5.56 Å². The molecule has 188 valence electrons. The highest BCUT2D eigenvalue weighted by atomic mass is 16.2. The van der Waals surface area contributed by atoms with Gasteiger partial charge in [0, 0.05) is 12.6 Å². The number of nitrogens with zero attached hydrogens (tertiary/aromatic N) is 4. The summed E-state index contributed by atoms with van der Waals surface area (Å²) in [5.74, 6) is -0.0891. The minimum Gasteiger partial charge on any atom is -0.352 e. The molecule has 36 heavy (non-hydrogen) atoms. The third-order valence-electron chi connectivity index (χ3n) is 6.15. The van der Waals surface area contributed by atoms with Crippen LogP contribution in [-0.4, -0.2) is 30.6 Å². The zero-order valence-corrected chi connectivity index (χ0v) is 21.1. The van der Waals surface area contributed by atoms with Crippen molar-refractivity contribution in [2.45, 2.75) is 59.3 Å². The van der Waals surface area contributed by atoms with Crippen molar-refractivity contribution in [1.82, 2.24) is 24.0 Å². The van der Waals surface area contributed by atoms with Crippen LogP contribution in [0.5, 0.6) is 0 Å². The summed E-state index contributed by atoms with van der Waals surface area (Å²) in [6.45, 7) is 6.52. The maximum Gasteiger partial charge on any atom is 0.333 e. The quantitative estimate of drug-likeness (QED) is 0.372. The molecular formula is C28H33N5O3. The molecule has 8 heteroatoms. The second kappa shape index (κ2) is 11.2. The van der Waals surface area contributed by atoms with E-state index in [4.69, 9.17) is 0 Å². The number of aryl methyl sites for hydroxylation is 1. The van der Waals surface area contributed by atoms with Gasteiger partial charge in [-0.05, 0) is 36.8 Å². The van der Waals surface area contributed by atoms with Crippen LogP contribution in [-0.2, 0) is 30.8 Å². The summed E-state index contributed by atoms with van der Waals surface area (Å²) < 4.78 is 4.29. The smallest absolute Gasteiger partial charge is 0.333 e. The topological polar surface area (TPSA) is 90.9 Å². The van der Waals surface area contributed by atoms with Gasteiger partial charge in [-0.2, -0.15) is 0 Å². The van der Waals surface area contributed by atoms with Crippen molar-refractivity contribution in [3.05, 3.63) is 99.0 Å². The number of nitrogens with one attached hydrogen (secondary N) is 1. The molecule has 0 aliphatic carbocycles. The second-order valence-corrected chi connectivity index (χ2v) is 9.70. The van der Waals surface area contributed by atoms with E-state index in [1.807, 2.05) is 55.5 Å². The molecule has 0 spiro atoms. The summed E-state index contributed by atoms with van der Waals surface area (Å²) in [6.07, 6.45) is 3.18. The number of fused-ring (bicyclic) bond motifs is 1. The molecule has 2 heterocycles. The monoisotopic (exact) mass is 487 g/mol. The molecule has 0 aliphatic rings. The number of imidazole rings is 1. The predicted octanol–water partition coefficient (Wildman–Crippen LogP) is 3.20. The van der Waals surface area contributed by atoms with Crippen LogP contribution in [0.15, 0.2) is 76.6 Å². The number of amides is 1. The zero-order chi connectivity index (χ0) is 25.7. The van der Waals surface area contributed by atoms with E-state index in [2.05, 4.69) is 36.3 Å². The molecule has 0 fully saturated rings. The SMILES string of the molecule is CC(C)Cn1cnc2c1c(=O)n(CC(=O)NC(C)CCc1ccccc1)c(=O)n2Cc1ccccc1. The molecule has 1 N–H and O–H groups in total. The van der Waals surface area contributed by atoms with Crippen LogP contribution in [0.1, 0.15) is 38.3 Å². The maximum absolute atomic E-state index is 13.5. The Morgan fingerprint density at radius 1 is 0.917 bits per heavy atom. The highest BCUT2D eigenvalue weighted by molar-refractivity contribution is 5.77. The molecule has 2 aromatic heterocycles. The van der Waals surface area contributed by atoms with Crippen molar-refractivity contribution in [3.8, 4) is 0 Å². The molecule has 0 saturated heterocycles. The van der Waals surface area contributed by atoms with Crippen LogP contribution in [0.2, 0.25) is 0 Å². The van der Waals surface area contributed by atoms with Gasteiger partial charge in [0.15, 0.2) is 11.2 Å². The number of rotatable bonds is 10. The number of benzene rings is 2. The number of carbonyl (C=O) groups is 1. The van der Waals surface area contributed by atoms with Crippen LogP contribution >= 0.6 is 0 Å². The van der Waals surface area contributed by atoms with E-state index in [0.717, 1.165) is 23.0 Å². The van der Waals surface area contributed by atoms with Gasteiger partial charge in [0.05, 0.1) is 12.9 Å². The lowest BCUT2D eigenvalue weighted by atomic mass is 10.1. The van der Waals surface area contributed by atoms with Gasteiger partial charge in [-0.15, -0.1) is 0 Å². The van der Waals surface area contributed by atoms with E-state index in [-0.39, 0.29) is 31.0 Å². The van der Waals surface area contributed by atoms with Crippen LogP contribution in [0, 0.1) is 5.92 Å². The fourth-order valence-corrected chi connectivity index (χ4v) is 4.38. The van der Waals surface area contributed by atoms with E-state index >= 15 is 0 Å². The number of hydrogen-bond acceptors (Lipinski definition) is 4. The highest BCUT2D eigenvalue weighted by Gasteiger charge is 2.21. The Kier molecular flexibility index (Phi) is 7.83. The average molecular weight is 488 g/mol. The zero-order valence-electron chi connectivity index (χ0n) is 21.1. The standard InChI is InChI=1S/C28H33N5O3/c1-20(2)16-31-19-29-26-25(31)27(35)33(28(36)32(26)17-23-12-8-5-9-13-23)18-24(34)30-21(3)14-15-22-10-6-4-7-11-22/h4-13,19-21H,14-18H2,1-3H3,(H,30,34). The molecule has 1 amide bonds. The van der Waals surface area contributed by atoms with E-state index < -0.39 is 11.2 Å². The molecular weight excluding hydrogens is 454 g/mol. The molecule has 8 nitrogen and oxygen atoms in total. The van der Waals surface area contributed by atoms with Gasteiger partial charge in [-0.25, -0.2) is 14.3 Å². The van der Waals surface area contributed by atoms with Crippen LogP contribution < -0.4 is 16.6 Å². The van der Waals surface area contributed by atoms with Crippen molar-refractivity contribution in [2.24, 2.45) is 5.92 Å². The fraction of sp³-hybridized carbons (Fsp3) is 0.357. The normalized spacial score (nSPS) is 12.2. The summed E-state index contributed by atoms with van der Waals surface area (Å²) >= 11 is 0. The summed E-state index contributed by atoms with van der Waals surface area (Å²) in [7, 11) is 0. The third kappa shape index (κ3) is 5.82.